The summed E-state index contributed by atoms with van der Waals surface area (Å²) in [6.45, 7) is 5.30. The fourth-order valence-electron chi connectivity index (χ4n) is 3.49. The molecule has 0 bridgehead atoms. The van der Waals surface area contributed by atoms with Gasteiger partial charge in [-0.2, -0.15) is 5.21 Å². The van der Waals surface area contributed by atoms with Gasteiger partial charge >= 0.3 is 0 Å². The summed E-state index contributed by atoms with van der Waals surface area (Å²) in [7, 11) is 0. The normalized spacial score (nSPS) is 19.8. The number of aromatic amines is 1. The van der Waals surface area contributed by atoms with Gasteiger partial charge in [-0.3, -0.25) is 4.79 Å². The first kappa shape index (κ1) is 18.3. The maximum absolute atomic E-state index is 13.4. The highest BCUT2D eigenvalue weighted by molar-refractivity contribution is 6.00. The second-order valence-corrected chi connectivity index (χ2v) is 7.31. The van der Waals surface area contributed by atoms with Crippen LogP contribution in [-0.2, 0) is 4.74 Å². The molecule has 1 aliphatic heterocycles. The third-order valence-electron chi connectivity index (χ3n) is 5.07. The molecule has 1 fully saturated rings. The smallest absolute Gasteiger partial charge is 0.254 e. The van der Waals surface area contributed by atoms with E-state index in [0.29, 0.717) is 36.0 Å². The Morgan fingerprint density at radius 1 is 1.11 bits per heavy atom. The first-order valence-corrected chi connectivity index (χ1v) is 9.46. The van der Waals surface area contributed by atoms with Gasteiger partial charge in [-0.05, 0) is 22.8 Å². The van der Waals surface area contributed by atoms with Crippen molar-refractivity contribution in [1.29, 1.82) is 0 Å². The lowest BCUT2D eigenvalue weighted by atomic mass is 9.99. The maximum Gasteiger partial charge on any atom is 0.254 e. The van der Waals surface area contributed by atoms with Gasteiger partial charge < -0.3 is 9.64 Å². The Hall–Kier alpha value is -3.06. The van der Waals surface area contributed by atoms with Crippen molar-refractivity contribution >= 4 is 5.91 Å². The number of ether oxygens (including phenoxy) is 1. The fraction of sp³-hybridized carbons (Fsp3) is 0.333. The fourth-order valence-corrected chi connectivity index (χ4v) is 3.49. The minimum atomic E-state index is -0.149. The van der Waals surface area contributed by atoms with Crippen LogP contribution >= 0.6 is 0 Å². The molecule has 144 valence electrons. The second kappa shape index (κ2) is 7.90. The van der Waals surface area contributed by atoms with Crippen LogP contribution in [0.25, 0.3) is 11.4 Å². The van der Waals surface area contributed by atoms with Gasteiger partial charge in [0, 0.05) is 12.1 Å². The van der Waals surface area contributed by atoms with Crippen molar-refractivity contribution < 1.29 is 9.53 Å². The van der Waals surface area contributed by atoms with E-state index in [1.54, 1.807) is 0 Å². The van der Waals surface area contributed by atoms with Gasteiger partial charge in [-0.25, -0.2) is 0 Å². The van der Waals surface area contributed by atoms with Crippen molar-refractivity contribution in [3.63, 3.8) is 0 Å². The molecule has 1 amide bonds. The summed E-state index contributed by atoms with van der Waals surface area (Å²) in [4.78, 5) is 15.3. The maximum atomic E-state index is 13.4. The lowest BCUT2D eigenvalue weighted by molar-refractivity contribution is -0.0954. The van der Waals surface area contributed by atoms with Crippen LogP contribution in [0.2, 0.25) is 0 Å². The van der Waals surface area contributed by atoms with Gasteiger partial charge in [0.15, 0.2) is 0 Å². The molecule has 28 heavy (non-hydrogen) atoms. The number of carbonyl (C=O) groups excluding carboxylic acids is 1. The molecule has 0 saturated carbocycles. The molecular formula is C21H23N5O2. The van der Waals surface area contributed by atoms with E-state index in [9.17, 15) is 4.79 Å². The molecule has 0 aliphatic carbocycles. The molecule has 0 radical (unpaired) electrons. The number of hydrogen-bond acceptors (Lipinski definition) is 5. The highest BCUT2D eigenvalue weighted by Crippen LogP contribution is 2.30. The molecule has 0 spiro atoms. The van der Waals surface area contributed by atoms with Gasteiger partial charge in [-0.1, -0.05) is 62.4 Å². The van der Waals surface area contributed by atoms with E-state index < -0.39 is 0 Å². The monoisotopic (exact) mass is 377 g/mol. The molecule has 0 unspecified atom stereocenters. The number of morpholine rings is 1. The average Bonchev–Trinajstić information content (AvgIpc) is 3.28. The van der Waals surface area contributed by atoms with Crippen LogP contribution in [0.5, 0.6) is 0 Å². The highest BCUT2D eigenvalue weighted by atomic mass is 16.5. The number of nitrogens with zero attached hydrogens (tertiary/aromatic N) is 4. The first-order valence-electron chi connectivity index (χ1n) is 9.46. The van der Waals surface area contributed by atoms with E-state index in [2.05, 4.69) is 34.5 Å². The quantitative estimate of drug-likeness (QED) is 0.755. The van der Waals surface area contributed by atoms with Crippen molar-refractivity contribution in [3.05, 3.63) is 65.7 Å². The zero-order chi connectivity index (χ0) is 19.5. The molecule has 1 saturated heterocycles. The summed E-state index contributed by atoms with van der Waals surface area (Å²) in [5, 5.41) is 14.1. The number of aromatic nitrogens is 4. The topological polar surface area (TPSA) is 84.0 Å². The van der Waals surface area contributed by atoms with Crippen LogP contribution in [0.4, 0.5) is 0 Å². The number of carbonyl (C=O) groups is 1. The molecular weight excluding hydrogens is 354 g/mol. The van der Waals surface area contributed by atoms with Crippen LogP contribution in [0.3, 0.4) is 0 Å². The van der Waals surface area contributed by atoms with Crippen LogP contribution in [0.15, 0.2) is 54.6 Å². The van der Waals surface area contributed by atoms with E-state index in [4.69, 9.17) is 4.74 Å². The van der Waals surface area contributed by atoms with Crippen molar-refractivity contribution in [2.75, 3.05) is 13.1 Å². The van der Waals surface area contributed by atoms with E-state index in [1.807, 2.05) is 59.5 Å². The Kier molecular flexibility index (Phi) is 5.16. The summed E-state index contributed by atoms with van der Waals surface area (Å²) in [5.41, 5.74) is 2.32. The van der Waals surface area contributed by atoms with E-state index in [1.165, 1.54) is 0 Å². The lowest BCUT2D eigenvalue weighted by Gasteiger charge is -2.40. The molecule has 7 nitrogen and oxygen atoms in total. The van der Waals surface area contributed by atoms with Crippen molar-refractivity contribution in [1.82, 2.24) is 25.5 Å². The molecule has 7 heteroatoms. The van der Waals surface area contributed by atoms with Gasteiger partial charge in [-0.15, -0.1) is 10.2 Å². The first-order chi connectivity index (χ1) is 13.6. The Bertz CT molecular complexity index is 927. The molecule has 4 rings (SSSR count). The van der Waals surface area contributed by atoms with Crippen LogP contribution in [-0.4, -0.2) is 50.6 Å². The second-order valence-electron chi connectivity index (χ2n) is 7.31. The number of nitrogens with one attached hydrogen (secondary N) is 1. The number of H-pyrrole nitrogens is 1. The average molecular weight is 377 g/mol. The molecule has 1 N–H and O–H groups in total. The van der Waals surface area contributed by atoms with Crippen LogP contribution in [0, 0.1) is 5.92 Å². The highest BCUT2D eigenvalue weighted by Gasteiger charge is 2.34. The summed E-state index contributed by atoms with van der Waals surface area (Å²) >= 11 is 0. The number of hydrogen-bond donors (Lipinski definition) is 1. The standard InChI is InChI=1S/C21H23N5O2/c1-14(2)18-12-26(13-19(28-18)15-8-4-3-5-9-15)21(27)17-11-7-6-10-16(17)20-22-24-25-23-20/h3-11,14,18-19H,12-13H2,1-2H3,(H,22,23,24,25)/t18-,19+/m1/s1. The number of tetrazole rings is 1. The minimum Gasteiger partial charge on any atom is -0.366 e. The summed E-state index contributed by atoms with van der Waals surface area (Å²) in [6.07, 6.45) is -0.177. The summed E-state index contributed by atoms with van der Waals surface area (Å²) < 4.78 is 6.32. The largest absolute Gasteiger partial charge is 0.366 e. The third kappa shape index (κ3) is 3.66. The SMILES string of the molecule is CC(C)[C@H]1CN(C(=O)c2ccccc2-c2nn[nH]n2)C[C@@H](c2ccccc2)O1. The van der Waals surface area contributed by atoms with Crippen molar-refractivity contribution in [2.45, 2.75) is 26.1 Å². The zero-order valence-electron chi connectivity index (χ0n) is 15.9. The summed E-state index contributed by atoms with van der Waals surface area (Å²) in [6, 6.07) is 17.4. The molecule has 2 heterocycles. The Balaban J connectivity index is 1.65. The Labute approximate surface area is 163 Å². The van der Waals surface area contributed by atoms with Gasteiger partial charge in [0.1, 0.15) is 6.10 Å². The minimum absolute atomic E-state index is 0.0276. The van der Waals surface area contributed by atoms with Crippen LogP contribution < -0.4 is 0 Å². The Morgan fingerprint density at radius 3 is 2.57 bits per heavy atom. The van der Waals surface area contributed by atoms with Crippen molar-refractivity contribution in [3.8, 4) is 11.4 Å². The van der Waals surface area contributed by atoms with E-state index in [0.717, 1.165) is 5.56 Å². The van der Waals surface area contributed by atoms with Gasteiger partial charge in [0.2, 0.25) is 5.82 Å². The molecule has 1 aromatic heterocycles. The van der Waals surface area contributed by atoms with E-state index >= 15 is 0 Å². The third-order valence-corrected chi connectivity index (χ3v) is 5.07. The Morgan fingerprint density at radius 2 is 1.86 bits per heavy atom. The molecule has 1 aliphatic rings. The van der Waals surface area contributed by atoms with Crippen LogP contribution in [0.1, 0.15) is 35.9 Å². The lowest BCUT2D eigenvalue weighted by Crippen LogP contribution is -2.48. The number of benzene rings is 2. The van der Waals surface area contributed by atoms with E-state index in [-0.39, 0.29) is 18.1 Å². The zero-order valence-corrected chi connectivity index (χ0v) is 15.9. The number of amides is 1. The number of rotatable bonds is 4. The molecule has 3 aromatic rings. The van der Waals surface area contributed by atoms with Crippen molar-refractivity contribution in [2.24, 2.45) is 5.92 Å². The molecule has 2 atom stereocenters. The predicted molar refractivity (Wildman–Crippen MR) is 104 cm³/mol. The molecule has 2 aromatic carbocycles. The van der Waals surface area contributed by atoms with Gasteiger partial charge in [0.25, 0.3) is 5.91 Å². The predicted octanol–water partition coefficient (Wildman–Crippen LogP) is 3.11. The summed E-state index contributed by atoms with van der Waals surface area (Å²) in [5.74, 6) is 0.668. The van der Waals surface area contributed by atoms with Gasteiger partial charge in [0.05, 0.1) is 18.2 Å².